The molecule has 1 heterocycles. The molecular weight excluding hydrogens is 236 g/mol. The van der Waals surface area contributed by atoms with Crippen LogP contribution in [-0.4, -0.2) is 28.1 Å². The van der Waals surface area contributed by atoms with Crippen molar-refractivity contribution in [3.05, 3.63) is 24.3 Å². The molecule has 0 unspecified atom stereocenters. The molecule has 4 nitrogen and oxygen atoms in total. The Kier molecular flexibility index (Phi) is 3.69. The van der Waals surface area contributed by atoms with Gasteiger partial charge in [0, 0.05) is 19.6 Å². The van der Waals surface area contributed by atoms with Gasteiger partial charge in [0.05, 0.1) is 5.69 Å². The van der Waals surface area contributed by atoms with E-state index in [1.165, 1.54) is 0 Å². The lowest BCUT2D eigenvalue weighted by atomic mass is 10.2. The molecule has 1 aliphatic heterocycles. The number of para-hydroxylation sites is 1. The summed E-state index contributed by atoms with van der Waals surface area (Å²) >= 11 is 0. The second-order valence-corrected chi connectivity index (χ2v) is 5.94. The summed E-state index contributed by atoms with van der Waals surface area (Å²) in [6.45, 7) is 4.25. The van der Waals surface area contributed by atoms with Crippen LogP contribution in [0.2, 0.25) is 0 Å². The van der Waals surface area contributed by atoms with Crippen molar-refractivity contribution in [3.63, 3.8) is 0 Å². The molecule has 0 saturated heterocycles. The fraction of sp³-hybridized carbons (Fsp3) is 0.500. The monoisotopic (exact) mass is 254 g/mol. The summed E-state index contributed by atoms with van der Waals surface area (Å²) < 4.78 is 26.6. The fourth-order valence-corrected chi connectivity index (χ4v) is 3.29. The molecule has 1 aliphatic rings. The minimum Gasteiger partial charge on any atom is -0.369 e. The lowest BCUT2D eigenvalue weighted by Gasteiger charge is -2.23. The van der Waals surface area contributed by atoms with E-state index in [2.05, 4.69) is 16.5 Å². The summed E-state index contributed by atoms with van der Waals surface area (Å²) in [7, 11) is -3.33. The molecule has 0 fully saturated rings. The Morgan fingerprint density at radius 2 is 2.12 bits per heavy atom. The second kappa shape index (κ2) is 5.06. The van der Waals surface area contributed by atoms with E-state index in [-0.39, 0.29) is 0 Å². The molecule has 0 aromatic heterocycles. The van der Waals surface area contributed by atoms with Crippen LogP contribution < -0.4 is 9.62 Å². The second-order valence-electron chi connectivity index (χ2n) is 4.21. The molecule has 1 aromatic rings. The number of nitrogens with zero attached hydrogens (tertiary/aromatic N) is 1. The zero-order valence-corrected chi connectivity index (χ0v) is 10.8. The smallest absolute Gasteiger partial charge is 0.242 e. The molecule has 0 atom stereocenters. The number of unbranched alkanes of at least 4 members (excludes halogenated alkanes) is 1. The predicted molar refractivity (Wildman–Crippen MR) is 68.8 cm³/mol. The molecule has 0 spiro atoms. The largest absolute Gasteiger partial charge is 0.369 e. The van der Waals surface area contributed by atoms with Gasteiger partial charge in [0.15, 0.2) is 0 Å². The van der Waals surface area contributed by atoms with E-state index in [1.54, 1.807) is 12.1 Å². The van der Waals surface area contributed by atoms with Gasteiger partial charge >= 0.3 is 0 Å². The number of hydrogen-bond acceptors (Lipinski definition) is 3. The van der Waals surface area contributed by atoms with Gasteiger partial charge in [0.2, 0.25) is 10.0 Å². The molecule has 0 radical (unpaired) electrons. The van der Waals surface area contributed by atoms with E-state index in [0.717, 1.165) is 31.6 Å². The summed E-state index contributed by atoms with van der Waals surface area (Å²) in [5, 5.41) is 0. The third-order valence-electron chi connectivity index (χ3n) is 2.95. The number of benzene rings is 1. The normalized spacial score (nSPS) is 18.5. The maximum absolute atomic E-state index is 12.0. The van der Waals surface area contributed by atoms with Crippen molar-refractivity contribution >= 4 is 15.7 Å². The van der Waals surface area contributed by atoms with E-state index < -0.39 is 10.0 Å². The summed E-state index contributed by atoms with van der Waals surface area (Å²) in [6, 6.07) is 7.21. The van der Waals surface area contributed by atoms with Crippen LogP contribution in [0.25, 0.3) is 0 Å². The molecule has 94 valence electrons. The zero-order valence-electron chi connectivity index (χ0n) is 10.0. The lowest BCUT2D eigenvalue weighted by Crippen LogP contribution is -2.30. The van der Waals surface area contributed by atoms with Gasteiger partial charge in [-0.25, -0.2) is 13.1 Å². The van der Waals surface area contributed by atoms with Gasteiger partial charge < -0.3 is 4.90 Å². The third kappa shape index (κ3) is 2.61. The first kappa shape index (κ1) is 12.4. The van der Waals surface area contributed by atoms with Crippen molar-refractivity contribution in [1.29, 1.82) is 0 Å². The Bertz CT molecular complexity index is 485. The highest BCUT2D eigenvalue weighted by atomic mass is 32.2. The maximum atomic E-state index is 12.0. The summed E-state index contributed by atoms with van der Waals surface area (Å²) in [4.78, 5) is 2.55. The number of fused-ring (bicyclic) bond motifs is 1. The number of anilines is 1. The van der Waals surface area contributed by atoms with Crippen LogP contribution in [0.1, 0.15) is 19.8 Å². The lowest BCUT2D eigenvalue weighted by molar-refractivity contribution is 0.584. The van der Waals surface area contributed by atoms with Crippen molar-refractivity contribution in [2.24, 2.45) is 0 Å². The van der Waals surface area contributed by atoms with E-state index in [0.29, 0.717) is 11.4 Å². The predicted octanol–water partition coefficient (Wildman–Crippen LogP) is 1.58. The highest BCUT2D eigenvalue weighted by Gasteiger charge is 2.24. The fourth-order valence-electron chi connectivity index (χ4n) is 2.04. The van der Waals surface area contributed by atoms with Gasteiger partial charge in [-0.15, -0.1) is 0 Å². The van der Waals surface area contributed by atoms with Crippen LogP contribution >= 0.6 is 0 Å². The molecule has 17 heavy (non-hydrogen) atoms. The van der Waals surface area contributed by atoms with E-state index in [4.69, 9.17) is 0 Å². The molecule has 1 aromatic carbocycles. The van der Waals surface area contributed by atoms with Crippen LogP contribution in [0.15, 0.2) is 29.2 Å². The third-order valence-corrected chi connectivity index (χ3v) is 4.46. The van der Waals surface area contributed by atoms with Crippen LogP contribution in [-0.2, 0) is 10.0 Å². The van der Waals surface area contributed by atoms with Crippen molar-refractivity contribution < 1.29 is 8.42 Å². The van der Waals surface area contributed by atoms with Crippen molar-refractivity contribution in [2.45, 2.75) is 24.7 Å². The average molecular weight is 254 g/mol. The SMILES string of the molecule is CCCCN1CCNS(=O)(=O)c2ccccc21. The Morgan fingerprint density at radius 1 is 1.35 bits per heavy atom. The van der Waals surface area contributed by atoms with E-state index >= 15 is 0 Å². The molecule has 5 heteroatoms. The zero-order chi connectivity index (χ0) is 12.3. The highest BCUT2D eigenvalue weighted by Crippen LogP contribution is 2.26. The Labute approximate surface area is 103 Å². The topological polar surface area (TPSA) is 49.4 Å². The minimum absolute atomic E-state index is 0.397. The molecule has 2 rings (SSSR count). The molecular formula is C12H18N2O2S. The standard InChI is InChI=1S/C12H18N2O2S/c1-2-3-9-14-10-8-13-17(15,16)12-7-5-4-6-11(12)14/h4-7,13H,2-3,8-10H2,1H3. The minimum atomic E-state index is -3.33. The van der Waals surface area contributed by atoms with Gasteiger partial charge in [0.25, 0.3) is 0 Å². The molecule has 0 saturated carbocycles. The van der Waals surface area contributed by atoms with E-state index in [9.17, 15) is 8.42 Å². The molecule has 0 amide bonds. The first-order chi connectivity index (χ1) is 8.15. The summed E-state index contributed by atoms with van der Waals surface area (Å²) in [5.41, 5.74) is 0.825. The van der Waals surface area contributed by atoms with Gasteiger partial charge in [-0.2, -0.15) is 0 Å². The molecule has 0 aliphatic carbocycles. The highest BCUT2D eigenvalue weighted by molar-refractivity contribution is 7.89. The van der Waals surface area contributed by atoms with Crippen molar-refractivity contribution in [2.75, 3.05) is 24.5 Å². The maximum Gasteiger partial charge on any atom is 0.242 e. The number of hydrogen-bond donors (Lipinski definition) is 1. The molecule has 1 N–H and O–H groups in total. The Hall–Kier alpha value is -1.07. The van der Waals surface area contributed by atoms with Gasteiger partial charge in [-0.1, -0.05) is 25.5 Å². The van der Waals surface area contributed by atoms with Crippen LogP contribution in [0.4, 0.5) is 5.69 Å². The number of rotatable bonds is 3. The first-order valence-electron chi connectivity index (χ1n) is 5.99. The van der Waals surface area contributed by atoms with Gasteiger partial charge in [-0.3, -0.25) is 0 Å². The Morgan fingerprint density at radius 3 is 2.88 bits per heavy atom. The van der Waals surface area contributed by atoms with Gasteiger partial charge in [-0.05, 0) is 18.6 Å². The number of sulfonamides is 1. The van der Waals surface area contributed by atoms with E-state index in [1.807, 2.05) is 12.1 Å². The van der Waals surface area contributed by atoms with Crippen LogP contribution in [0, 0.1) is 0 Å². The summed E-state index contributed by atoms with van der Waals surface area (Å²) in [6.07, 6.45) is 2.19. The van der Waals surface area contributed by atoms with Crippen LogP contribution in [0.3, 0.4) is 0 Å². The van der Waals surface area contributed by atoms with Crippen molar-refractivity contribution in [1.82, 2.24) is 4.72 Å². The van der Waals surface area contributed by atoms with Crippen molar-refractivity contribution in [3.8, 4) is 0 Å². The Balaban J connectivity index is 2.40. The molecule has 0 bridgehead atoms. The van der Waals surface area contributed by atoms with Crippen LogP contribution in [0.5, 0.6) is 0 Å². The number of nitrogens with one attached hydrogen (secondary N) is 1. The summed E-state index contributed by atoms with van der Waals surface area (Å²) in [5.74, 6) is 0. The first-order valence-corrected chi connectivity index (χ1v) is 7.47. The average Bonchev–Trinajstić information content (AvgIpc) is 2.45. The van der Waals surface area contributed by atoms with Gasteiger partial charge in [0.1, 0.15) is 4.90 Å². The quantitative estimate of drug-likeness (QED) is 0.891.